The number of hydrogen-bond acceptors (Lipinski definition) is 2. The number of nitrogens with zero attached hydrogens (tertiary/aromatic N) is 1. The molecule has 23 heavy (non-hydrogen) atoms. The molecule has 0 spiro atoms. The molecule has 0 aliphatic carbocycles. The van der Waals surface area contributed by atoms with Gasteiger partial charge in [-0.2, -0.15) is 0 Å². The van der Waals surface area contributed by atoms with Crippen LogP contribution in [0.5, 0.6) is 0 Å². The van der Waals surface area contributed by atoms with Crippen molar-refractivity contribution in [1.82, 2.24) is 9.55 Å². The van der Waals surface area contributed by atoms with Crippen molar-refractivity contribution in [3.8, 4) is 5.69 Å². The first kappa shape index (κ1) is 13.4. The molecule has 0 atom stereocenters. The molecular weight excluding hydrogens is 286 g/mol. The van der Waals surface area contributed by atoms with Gasteiger partial charge in [0.25, 0.3) is 0 Å². The lowest BCUT2D eigenvalue weighted by atomic mass is 10.2. The van der Waals surface area contributed by atoms with Crippen molar-refractivity contribution < 1.29 is 0 Å². The molecule has 4 nitrogen and oxygen atoms in total. The van der Waals surface area contributed by atoms with E-state index in [0.29, 0.717) is 0 Å². The number of hydrogen-bond donors (Lipinski definition) is 2. The fourth-order valence-electron chi connectivity index (χ4n) is 2.71. The molecule has 3 aromatic carbocycles. The van der Waals surface area contributed by atoms with Crippen molar-refractivity contribution in [2.75, 3.05) is 5.32 Å². The number of benzene rings is 3. The van der Waals surface area contributed by atoms with Crippen LogP contribution in [0.4, 0.5) is 11.4 Å². The van der Waals surface area contributed by atoms with Crippen LogP contribution in [0.2, 0.25) is 0 Å². The molecule has 0 saturated heterocycles. The van der Waals surface area contributed by atoms with Crippen LogP contribution in [0.1, 0.15) is 0 Å². The maximum atomic E-state index is 12.3. The number of aromatic nitrogens is 2. The maximum absolute atomic E-state index is 12.3. The third kappa shape index (κ3) is 2.51. The van der Waals surface area contributed by atoms with E-state index in [2.05, 4.69) is 10.3 Å². The number of nitrogens with one attached hydrogen (secondary N) is 2. The Morgan fingerprint density at radius 2 is 1.48 bits per heavy atom. The molecule has 0 saturated carbocycles. The van der Waals surface area contributed by atoms with Gasteiger partial charge in [0.2, 0.25) is 0 Å². The summed E-state index contributed by atoms with van der Waals surface area (Å²) in [6.45, 7) is 0. The Hall–Kier alpha value is -3.27. The third-order valence-electron chi connectivity index (χ3n) is 3.76. The Bertz CT molecular complexity index is 1000. The zero-order valence-corrected chi connectivity index (χ0v) is 12.4. The molecule has 4 heteroatoms. The summed E-state index contributed by atoms with van der Waals surface area (Å²) in [6, 6.07) is 25.4. The van der Waals surface area contributed by atoms with Crippen LogP contribution < -0.4 is 11.0 Å². The molecule has 0 aliphatic heterocycles. The van der Waals surface area contributed by atoms with Gasteiger partial charge >= 0.3 is 5.69 Å². The minimum atomic E-state index is -0.136. The van der Waals surface area contributed by atoms with Gasteiger partial charge in [0.1, 0.15) is 0 Å². The van der Waals surface area contributed by atoms with Crippen LogP contribution >= 0.6 is 0 Å². The van der Waals surface area contributed by atoms with E-state index in [1.54, 1.807) is 4.57 Å². The number of fused-ring (bicyclic) bond motifs is 1. The van der Waals surface area contributed by atoms with Gasteiger partial charge in [-0.15, -0.1) is 0 Å². The topological polar surface area (TPSA) is 49.8 Å². The van der Waals surface area contributed by atoms with Gasteiger partial charge in [0.05, 0.1) is 16.7 Å². The first-order valence-electron chi connectivity index (χ1n) is 7.43. The fourth-order valence-corrected chi connectivity index (χ4v) is 2.71. The third-order valence-corrected chi connectivity index (χ3v) is 3.76. The molecule has 0 fully saturated rings. The Morgan fingerprint density at radius 3 is 2.22 bits per heavy atom. The summed E-state index contributed by atoms with van der Waals surface area (Å²) in [5.41, 5.74) is 4.33. The maximum Gasteiger partial charge on any atom is 0.331 e. The van der Waals surface area contributed by atoms with E-state index in [0.717, 1.165) is 28.1 Å². The molecule has 1 aromatic heterocycles. The van der Waals surface area contributed by atoms with E-state index in [4.69, 9.17) is 0 Å². The Morgan fingerprint density at radius 1 is 0.783 bits per heavy atom. The smallest absolute Gasteiger partial charge is 0.331 e. The highest BCUT2D eigenvalue weighted by atomic mass is 16.1. The summed E-state index contributed by atoms with van der Waals surface area (Å²) in [5, 5.41) is 3.33. The van der Waals surface area contributed by atoms with Crippen LogP contribution in [0.3, 0.4) is 0 Å². The van der Waals surface area contributed by atoms with E-state index in [-0.39, 0.29) is 5.69 Å². The second kappa shape index (κ2) is 5.50. The molecule has 4 rings (SSSR count). The van der Waals surface area contributed by atoms with Crippen LogP contribution in [0, 0.1) is 0 Å². The van der Waals surface area contributed by atoms with Crippen molar-refractivity contribution >= 4 is 22.4 Å². The minimum Gasteiger partial charge on any atom is -0.355 e. The van der Waals surface area contributed by atoms with Crippen LogP contribution in [0.15, 0.2) is 83.7 Å². The number of aromatic amines is 1. The van der Waals surface area contributed by atoms with Crippen LogP contribution in [-0.2, 0) is 0 Å². The number of para-hydroxylation sites is 2. The summed E-state index contributed by atoms with van der Waals surface area (Å²) in [7, 11) is 0. The molecule has 4 aromatic rings. The first-order valence-corrected chi connectivity index (χ1v) is 7.43. The fraction of sp³-hybridized carbons (Fsp3) is 0. The quantitative estimate of drug-likeness (QED) is 0.599. The average molecular weight is 301 g/mol. The molecule has 0 bridgehead atoms. The predicted molar refractivity (Wildman–Crippen MR) is 93.6 cm³/mol. The van der Waals surface area contributed by atoms with Gasteiger partial charge in [0.15, 0.2) is 0 Å². The van der Waals surface area contributed by atoms with E-state index in [1.165, 1.54) is 0 Å². The van der Waals surface area contributed by atoms with Gasteiger partial charge in [-0.25, -0.2) is 4.79 Å². The van der Waals surface area contributed by atoms with Gasteiger partial charge in [-0.3, -0.25) is 4.57 Å². The lowest BCUT2D eigenvalue weighted by Gasteiger charge is -2.07. The Labute approximate surface area is 133 Å². The second-order valence-electron chi connectivity index (χ2n) is 5.32. The zero-order chi connectivity index (χ0) is 15.6. The van der Waals surface area contributed by atoms with Gasteiger partial charge in [0, 0.05) is 11.4 Å². The highest BCUT2D eigenvalue weighted by Gasteiger charge is 2.09. The van der Waals surface area contributed by atoms with Crippen molar-refractivity contribution in [2.24, 2.45) is 0 Å². The largest absolute Gasteiger partial charge is 0.355 e. The van der Waals surface area contributed by atoms with Crippen molar-refractivity contribution in [2.45, 2.75) is 0 Å². The zero-order valence-electron chi connectivity index (χ0n) is 12.4. The Kier molecular flexibility index (Phi) is 3.20. The normalized spacial score (nSPS) is 10.8. The van der Waals surface area contributed by atoms with Crippen LogP contribution in [0.25, 0.3) is 16.7 Å². The molecule has 2 N–H and O–H groups in total. The minimum absolute atomic E-state index is 0.136. The average Bonchev–Trinajstić information content (AvgIpc) is 2.91. The van der Waals surface area contributed by atoms with Crippen molar-refractivity contribution in [3.63, 3.8) is 0 Å². The number of anilines is 2. The van der Waals surface area contributed by atoms with Gasteiger partial charge in [-0.1, -0.05) is 36.4 Å². The van der Waals surface area contributed by atoms with E-state index >= 15 is 0 Å². The van der Waals surface area contributed by atoms with Crippen LogP contribution in [-0.4, -0.2) is 9.55 Å². The molecule has 0 radical (unpaired) electrons. The summed E-state index contributed by atoms with van der Waals surface area (Å²) < 4.78 is 1.68. The molecule has 0 amide bonds. The van der Waals surface area contributed by atoms with Crippen molar-refractivity contribution in [1.29, 1.82) is 0 Å². The molecule has 0 unspecified atom stereocenters. The number of H-pyrrole nitrogens is 1. The summed E-state index contributed by atoms with van der Waals surface area (Å²) >= 11 is 0. The highest BCUT2D eigenvalue weighted by molar-refractivity contribution is 5.82. The van der Waals surface area contributed by atoms with Gasteiger partial charge < -0.3 is 10.3 Å². The van der Waals surface area contributed by atoms with Gasteiger partial charge in [-0.05, 0) is 42.5 Å². The van der Waals surface area contributed by atoms with Crippen molar-refractivity contribution in [3.05, 3.63) is 89.3 Å². The summed E-state index contributed by atoms with van der Waals surface area (Å²) in [4.78, 5) is 15.2. The molecule has 112 valence electrons. The molecule has 0 aliphatic rings. The van der Waals surface area contributed by atoms with E-state index in [1.807, 2.05) is 78.9 Å². The molecule has 1 heterocycles. The highest BCUT2D eigenvalue weighted by Crippen LogP contribution is 2.22. The number of imidazole rings is 1. The van der Waals surface area contributed by atoms with E-state index in [9.17, 15) is 4.79 Å². The standard InChI is InChI=1S/C19H15N3O/c23-19-21-17-13-15(20-14-7-3-1-4-8-14)11-12-18(17)22(19)16-9-5-2-6-10-16/h1-13,20H,(H,21,23). The monoisotopic (exact) mass is 301 g/mol. The summed E-state index contributed by atoms with van der Waals surface area (Å²) in [6.07, 6.45) is 0. The SMILES string of the molecule is O=c1[nH]c2cc(Nc3ccccc3)ccc2n1-c1ccccc1. The lowest BCUT2D eigenvalue weighted by Crippen LogP contribution is -2.14. The molecular formula is C19H15N3O. The second-order valence-corrected chi connectivity index (χ2v) is 5.32. The summed E-state index contributed by atoms with van der Waals surface area (Å²) in [5.74, 6) is 0. The van der Waals surface area contributed by atoms with E-state index < -0.39 is 0 Å². The lowest BCUT2D eigenvalue weighted by molar-refractivity contribution is 1.02. The first-order chi connectivity index (χ1) is 11.3. The predicted octanol–water partition coefficient (Wildman–Crippen LogP) is 4.06. The Balaban J connectivity index is 1.78. The number of rotatable bonds is 3.